The van der Waals surface area contributed by atoms with Crippen LogP contribution in [0.25, 0.3) is 0 Å². The Morgan fingerprint density at radius 1 is 1.47 bits per heavy atom. The van der Waals surface area contributed by atoms with Crippen LogP contribution in [-0.4, -0.2) is 27.2 Å². The number of carbonyl (C=O) groups is 1. The summed E-state index contributed by atoms with van der Waals surface area (Å²) in [4.78, 5) is 12.0. The number of phenolic OH excluding ortho intramolecular Hbond substituents is 1. The summed E-state index contributed by atoms with van der Waals surface area (Å²) in [7, 11) is 0. The molecule has 1 amide bonds. The van der Waals surface area contributed by atoms with Crippen LogP contribution in [0.2, 0.25) is 0 Å². The van der Waals surface area contributed by atoms with Gasteiger partial charge in [0, 0.05) is 16.2 Å². The fraction of sp³-hybridized carbons (Fsp3) is 0.364. The van der Waals surface area contributed by atoms with Crippen molar-refractivity contribution in [2.45, 2.75) is 12.5 Å². The fourth-order valence-electron chi connectivity index (χ4n) is 1.10. The highest BCUT2D eigenvalue weighted by Gasteiger charge is 2.24. The number of aromatic hydroxyl groups is 1. The van der Waals surface area contributed by atoms with Gasteiger partial charge in [-0.25, -0.2) is 0 Å². The minimum Gasteiger partial charge on any atom is -0.507 e. The zero-order chi connectivity index (χ0) is 13.1. The molecule has 0 atom stereocenters. The van der Waals surface area contributed by atoms with Gasteiger partial charge in [-0.3, -0.25) is 4.79 Å². The first-order valence-corrected chi connectivity index (χ1v) is 8.17. The van der Waals surface area contributed by atoms with E-state index in [4.69, 9.17) is 0 Å². The molecule has 3 nitrogen and oxygen atoms in total. The highest BCUT2D eigenvalue weighted by molar-refractivity contribution is 14.1. The van der Waals surface area contributed by atoms with Gasteiger partial charge >= 0.3 is 0 Å². The lowest BCUT2D eigenvalue weighted by Crippen LogP contribution is -2.48. The SMILES string of the molecule is CC(CBr)(CBr)NC(=O)c1ccc(I)c(O)c1. The Hall–Kier alpha value is 0.180. The molecule has 94 valence electrons. The fourth-order valence-corrected chi connectivity index (χ4v) is 2.65. The van der Waals surface area contributed by atoms with E-state index in [1.54, 1.807) is 12.1 Å². The number of hydrogen-bond donors (Lipinski definition) is 2. The van der Waals surface area contributed by atoms with Crippen molar-refractivity contribution < 1.29 is 9.90 Å². The van der Waals surface area contributed by atoms with Gasteiger partial charge in [-0.1, -0.05) is 31.9 Å². The van der Waals surface area contributed by atoms with Crippen LogP contribution in [0.3, 0.4) is 0 Å². The van der Waals surface area contributed by atoms with Gasteiger partial charge in [0.1, 0.15) is 5.75 Å². The van der Waals surface area contributed by atoms with Crippen molar-refractivity contribution in [3.8, 4) is 5.75 Å². The molecule has 0 saturated heterocycles. The molecule has 0 heterocycles. The maximum Gasteiger partial charge on any atom is 0.251 e. The predicted octanol–water partition coefficient (Wildman–Crippen LogP) is 3.28. The molecule has 0 aliphatic carbocycles. The second-order valence-corrected chi connectivity index (χ2v) is 6.23. The van der Waals surface area contributed by atoms with E-state index in [9.17, 15) is 9.90 Å². The normalized spacial score (nSPS) is 11.3. The third-order valence-corrected chi connectivity index (χ3v) is 5.60. The van der Waals surface area contributed by atoms with Gasteiger partial charge in [0.05, 0.1) is 9.11 Å². The number of rotatable bonds is 4. The third kappa shape index (κ3) is 4.10. The Kier molecular flexibility index (Phi) is 5.72. The van der Waals surface area contributed by atoms with Crippen LogP contribution < -0.4 is 5.32 Å². The van der Waals surface area contributed by atoms with Crippen LogP contribution in [0.1, 0.15) is 17.3 Å². The average Bonchev–Trinajstić information content (AvgIpc) is 2.32. The Labute approximate surface area is 131 Å². The molecule has 6 heteroatoms. The molecule has 1 aromatic carbocycles. The van der Waals surface area contributed by atoms with Crippen molar-refractivity contribution in [3.05, 3.63) is 27.3 Å². The van der Waals surface area contributed by atoms with Crippen molar-refractivity contribution >= 4 is 60.4 Å². The Morgan fingerprint density at radius 3 is 2.53 bits per heavy atom. The minimum absolute atomic E-state index is 0.123. The van der Waals surface area contributed by atoms with Gasteiger partial charge < -0.3 is 10.4 Å². The number of benzene rings is 1. The minimum atomic E-state index is -0.351. The van der Waals surface area contributed by atoms with Gasteiger partial charge in [0.15, 0.2) is 0 Å². The summed E-state index contributed by atoms with van der Waals surface area (Å²) in [6, 6.07) is 4.88. The molecular formula is C11H12Br2INO2. The number of hydrogen-bond acceptors (Lipinski definition) is 2. The largest absolute Gasteiger partial charge is 0.507 e. The Morgan fingerprint density at radius 2 is 2.06 bits per heavy atom. The maximum absolute atomic E-state index is 12.0. The summed E-state index contributed by atoms with van der Waals surface area (Å²) in [5.74, 6) is -0.0734. The van der Waals surface area contributed by atoms with Crippen molar-refractivity contribution in [3.63, 3.8) is 0 Å². The summed E-state index contributed by atoms with van der Waals surface area (Å²) in [6.45, 7) is 1.93. The van der Waals surface area contributed by atoms with Gasteiger partial charge in [-0.15, -0.1) is 0 Å². The summed E-state index contributed by atoms with van der Waals surface area (Å²) < 4.78 is 0.725. The molecule has 0 aliphatic heterocycles. The number of nitrogens with one attached hydrogen (secondary N) is 1. The van der Waals surface area contributed by atoms with Gasteiger partial charge in [0.25, 0.3) is 5.91 Å². The first kappa shape index (κ1) is 15.2. The lowest BCUT2D eigenvalue weighted by Gasteiger charge is -2.26. The highest BCUT2D eigenvalue weighted by atomic mass is 127. The number of phenols is 1. The standard InChI is InChI=1S/C11H12Br2INO2/c1-11(5-12,6-13)15-10(17)7-2-3-8(14)9(16)4-7/h2-4,16H,5-6H2,1H3,(H,15,17). The predicted molar refractivity (Wildman–Crippen MR) is 84.3 cm³/mol. The number of carbonyl (C=O) groups excluding carboxylic acids is 1. The van der Waals surface area contributed by atoms with Crippen molar-refractivity contribution in [1.29, 1.82) is 0 Å². The molecule has 0 aliphatic rings. The lowest BCUT2D eigenvalue weighted by molar-refractivity contribution is 0.0922. The van der Waals surface area contributed by atoms with Gasteiger partial charge in [-0.2, -0.15) is 0 Å². The molecule has 2 N–H and O–H groups in total. The monoisotopic (exact) mass is 475 g/mol. The zero-order valence-electron chi connectivity index (χ0n) is 9.14. The van der Waals surface area contributed by atoms with E-state index in [1.807, 2.05) is 29.5 Å². The molecular weight excluding hydrogens is 465 g/mol. The summed E-state index contributed by atoms with van der Waals surface area (Å²) in [5, 5.41) is 13.8. The van der Waals surface area contributed by atoms with E-state index < -0.39 is 0 Å². The zero-order valence-corrected chi connectivity index (χ0v) is 14.5. The topological polar surface area (TPSA) is 49.3 Å². The maximum atomic E-state index is 12.0. The molecule has 0 fully saturated rings. The van der Waals surface area contributed by atoms with E-state index >= 15 is 0 Å². The summed E-state index contributed by atoms with van der Waals surface area (Å²) >= 11 is 8.74. The first-order chi connectivity index (χ1) is 7.91. The summed E-state index contributed by atoms with van der Waals surface area (Å²) in [5.41, 5.74) is 0.103. The molecule has 1 aromatic rings. The van der Waals surface area contributed by atoms with E-state index in [1.165, 1.54) is 6.07 Å². The molecule has 0 spiro atoms. The number of halogens is 3. The summed E-state index contributed by atoms with van der Waals surface area (Å²) in [6.07, 6.45) is 0. The van der Waals surface area contributed by atoms with Crippen LogP contribution >= 0.6 is 54.5 Å². The number of amides is 1. The second kappa shape index (κ2) is 6.38. The average molecular weight is 477 g/mol. The van der Waals surface area contributed by atoms with Crippen molar-refractivity contribution in [1.82, 2.24) is 5.32 Å². The van der Waals surface area contributed by atoms with Crippen LogP contribution in [-0.2, 0) is 0 Å². The van der Waals surface area contributed by atoms with Crippen LogP contribution in [0.5, 0.6) is 5.75 Å². The number of alkyl halides is 2. The van der Waals surface area contributed by atoms with E-state index in [-0.39, 0.29) is 17.2 Å². The van der Waals surface area contributed by atoms with Crippen molar-refractivity contribution in [2.75, 3.05) is 10.7 Å². The molecule has 0 unspecified atom stereocenters. The molecule has 0 radical (unpaired) electrons. The molecule has 0 bridgehead atoms. The van der Waals surface area contributed by atoms with Crippen LogP contribution in [0.4, 0.5) is 0 Å². The first-order valence-electron chi connectivity index (χ1n) is 4.85. The third-order valence-electron chi connectivity index (χ3n) is 2.21. The Balaban J connectivity index is 2.86. The smallest absolute Gasteiger partial charge is 0.251 e. The van der Waals surface area contributed by atoms with Crippen LogP contribution in [0, 0.1) is 3.57 Å². The lowest BCUT2D eigenvalue weighted by atomic mass is 10.1. The second-order valence-electron chi connectivity index (χ2n) is 3.95. The molecule has 0 aromatic heterocycles. The van der Waals surface area contributed by atoms with Crippen molar-refractivity contribution in [2.24, 2.45) is 0 Å². The van der Waals surface area contributed by atoms with E-state index in [0.717, 1.165) is 3.57 Å². The molecule has 1 rings (SSSR count). The Bertz CT molecular complexity index is 422. The quantitative estimate of drug-likeness (QED) is 0.517. The highest BCUT2D eigenvalue weighted by Crippen LogP contribution is 2.21. The van der Waals surface area contributed by atoms with Gasteiger partial charge in [-0.05, 0) is 47.7 Å². The van der Waals surface area contributed by atoms with Gasteiger partial charge in [0.2, 0.25) is 0 Å². The van der Waals surface area contributed by atoms with E-state index in [0.29, 0.717) is 16.2 Å². The van der Waals surface area contributed by atoms with E-state index in [2.05, 4.69) is 37.2 Å². The molecule has 17 heavy (non-hydrogen) atoms. The van der Waals surface area contributed by atoms with Crippen LogP contribution in [0.15, 0.2) is 18.2 Å². The molecule has 0 saturated carbocycles.